The van der Waals surface area contributed by atoms with Crippen LogP contribution in [0.15, 0.2) is 97.2 Å². The zero-order valence-corrected chi connectivity index (χ0v) is 53.0. The van der Waals surface area contributed by atoms with Gasteiger partial charge in [-0.15, -0.1) is 0 Å². The first-order valence-corrected chi connectivity index (χ1v) is 34.1. The first-order chi connectivity index (χ1) is 38.4. The predicted molar refractivity (Wildman–Crippen MR) is 341 cm³/mol. The number of carbonyl (C=O) groups is 2. The summed E-state index contributed by atoms with van der Waals surface area (Å²) in [5.74, 6) is -0.573. The number of quaternary nitrogens is 1. The predicted octanol–water partition coefficient (Wildman–Crippen LogP) is 20.3. The van der Waals surface area contributed by atoms with Crippen LogP contribution in [-0.2, 0) is 27.9 Å². The maximum Gasteiger partial charge on any atom is 0.472 e. The monoisotopic (exact) mass is 1120 g/mol. The van der Waals surface area contributed by atoms with Crippen molar-refractivity contribution in [1.82, 2.24) is 5.32 Å². The Morgan fingerprint density at radius 3 is 1.27 bits per heavy atom. The second kappa shape index (κ2) is 58.1. The lowest BCUT2D eigenvalue weighted by Gasteiger charge is -2.27. The molecule has 0 aliphatic rings. The highest BCUT2D eigenvalue weighted by Gasteiger charge is 2.30. The summed E-state index contributed by atoms with van der Waals surface area (Å²) in [5.41, 5.74) is 0. The van der Waals surface area contributed by atoms with Gasteiger partial charge < -0.3 is 19.4 Å². The molecule has 0 fully saturated rings. The van der Waals surface area contributed by atoms with Crippen LogP contribution >= 0.6 is 7.82 Å². The van der Waals surface area contributed by atoms with Gasteiger partial charge in [0.1, 0.15) is 19.3 Å². The number of carbonyl (C=O) groups excluding carboxylic acids is 2. The molecule has 1 amide bonds. The van der Waals surface area contributed by atoms with Crippen molar-refractivity contribution in [2.45, 2.75) is 290 Å². The molecule has 0 bridgehead atoms. The Morgan fingerprint density at radius 2 is 0.823 bits per heavy atom. The summed E-state index contributed by atoms with van der Waals surface area (Å²) in [7, 11) is 1.46. The van der Waals surface area contributed by atoms with E-state index in [4.69, 9.17) is 13.8 Å². The van der Waals surface area contributed by atoms with E-state index in [1.807, 2.05) is 33.3 Å². The largest absolute Gasteiger partial charge is 0.472 e. The van der Waals surface area contributed by atoms with E-state index >= 15 is 0 Å². The Labute approximate surface area is 488 Å². The third-order valence-electron chi connectivity index (χ3n) is 14.0. The van der Waals surface area contributed by atoms with E-state index < -0.39 is 20.0 Å². The van der Waals surface area contributed by atoms with Crippen LogP contribution in [0.3, 0.4) is 0 Å². The Balaban J connectivity index is 5.26. The van der Waals surface area contributed by atoms with Crippen LogP contribution in [0, 0.1) is 0 Å². The number of amides is 1. The number of phosphoric acid groups is 1. The molecule has 9 nitrogen and oxygen atoms in total. The van der Waals surface area contributed by atoms with E-state index in [2.05, 4.69) is 111 Å². The van der Waals surface area contributed by atoms with Crippen LogP contribution in [0.4, 0.5) is 0 Å². The van der Waals surface area contributed by atoms with E-state index in [0.29, 0.717) is 23.9 Å². The number of unbranched alkanes of at least 4 members (excludes halogenated alkanes) is 28. The number of likely N-dealkylation sites (N-methyl/N-ethyl adjacent to an activating group) is 1. The molecule has 0 aromatic carbocycles. The van der Waals surface area contributed by atoms with Gasteiger partial charge in [0.25, 0.3) is 0 Å². The molecule has 0 saturated carbocycles. The molecule has 0 saturated heterocycles. The Bertz CT molecular complexity index is 1670. The van der Waals surface area contributed by atoms with E-state index in [1.165, 1.54) is 154 Å². The topological polar surface area (TPSA) is 111 Å². The molecule has 0 aliphatic heterocycles. The highest BCUT2D eigenvalue weighted by atomic mass is 31.2. The molecule has 0 heterocycles. The molecule has 2 N–H and O–H groups in total. The van der Waals surface area contributed by atoms with Crippen LogP contribution in [0.2, 0.25) is 0 Å². The van der Waals surface area contributed by atoms with Crippen LogP contribution < -0.4 is 5.32 Å². The molecular formula is C69H124N2O7P+. The van der Waals surface area contributed by atoms with Gasteiger partial charge in [0, 0.05) is 12.8 Å². The fourth-order valence-electron chi connectivity index (χ4n) is 9.01. The second-order valence-corrected chi connectivity index (χ2v) is 24.4. The number of rotatable bonds is 58. The van der Waals surface area contributed by atoms with Gasteiger partial charge in [0.15, 0.2) is 0 Å². The molecular weight excluding hydrogens is 1000 g/mol. The summed E-state index contributed by atoms with van der Waals surface area (Å²) in [6.45, 7) is 6.85. The molecule has 0 aromatic rings. The van der Waals surface area contributed by atoms with Crippen molar-refractivity contribution in [1.29, 1.82) is 0 Å². The highest BCUT2D eigenvalue weighted by Crippen LogP contribution is 2.43. The van der Waals surface area contributed by atoms with Gasteiger partial charge in [-0.3, -0.25) is 18.6 Å². The normalized spacial score (nSPS) is 14.3. The third kappa shape index (κ3) is 59.4. The lowest BCUT2D eigenvalue weighted by molar-refractivity contribution is -0.870. The fourth-order valence-corrected chi connectivity index (χ4v) is 9.74. The van der Waals surface area contributed by atoms with Gasteiger partial charge in [-0.25, -0.2) is 4.57 Å². The molecule has 0 rings (SSSR count). The summed E-state index contributed by atoms with van der Waals surface area (Å²) in [4.78, 5) is 37.8. The smallest absolute Gasteiger partial charge is 0.456 e. The number of nitrogens with zero attached hydrogens (tertiary/aromatic N) is 1. The van der Waals surface area contributed by atoms with Gasteiger partial charge in [-0.1, -0.05) is 260 Å². The number of hydrogen-bond donors (Lipinski definition) is 2. The number of hydrogen-bond acceptors (Lipinski definition) is 6. The third-order valence-corrected chi connectivity index (χ3v) is 15.0. The lowest BCUT2D eigenvalue weighted by atomic mass is 10.0. The quantitative estimate of drug-likeness (QED) is 0.0205. The Hall–Kier alpha value is -3.07. The van der Waals surface area contributed by atoms with Gasteiger partial charge in [-0.05, 0) is 102 Å². The van der Waals surface area contributed by atoms with Crippen molar-refractivity contribution in [2.24, 2.45) is 0 Å². The maximum atomic E-state index is 13.6. The molecule has 0 spiro atoms. The van der Waals surface area contributed by atoms with Gasteiger partial charge in [0.2, 0.25) is 5.91 Å². The van der Waals surface area contributed by atoms with E-state index in [0.717, 1.165) is 83.5 Å². The number of ether oxygens (including phenoxy) is 1. The van der Waals surface area contributed by atoms with Crippen molar-refractivity contribution in [2.75, 3.05) is 40.9 Å². The summed E-state index contributed by atoms with van der Waals surface area (Å²) in [5, 5.41) is 3.05. The van der Waals surface area contributed by atoms with E-state index in [9.17, 15) is 19.0 Å². The van der Waals surface area contributed by atoms with Gasteiger partial charge in [0.05, 0.1) is 33.8 Å². The van der Waals surface area contributed by atoms with Gasteiger partial charge >= 0.3 is 13.8 Å². The molecule has 0 radical (unpaired) electrons. The second-order valence-electron chi connectivity index (χ2n) is 22.9. The number of phosphoric ester groups is 1. The SMILES string of the molecule is CC/C=C\C/C=C\C/C=C\C/C=C\C/C=C\CCCC(=O)OC(/C=C\CCCCCCCCCCCCC)C(COP(=O)(O)OCC[N+](C)(C)C)NC(=O)CCCCCCCCCCCCCCC/C=C\C/C=C\CCCCC. The molecule has 10 heteroatoms. The first-order valence-electron chi connectivity index (χ1n) is 32.6. The molecule has 79 heavy (non-hydrogen) atoms. The lowest BCUT2D eigenvalue weighted by Crippen LogP contribution is -2.47. The molecule has 3 atom stereocenters. The Morgan fingerprint density at radius 1 is 0.456 bits per heavy atom. The minimum absolute atomic E-state index is 0.0278. The van der Waals surface area contributed by atoms with Crippen LogP contribution in [0.5, 0.6) is 0 Å². The van der Waals surface area contributed by atoms with Crippen molar-refractivity contribution in [3.05, 3.63) is 97.2 Å². The zero-order chi connectivity index (χ0) is 57.9. The molecule has 3 unspecified atom stereocenters. The van der Waals surface area contributed by atoms with Crippen LogP contribution in [-0.4, -0.2) is 74.3 Å². The summed E-state index contributed by atoms with van der Waals surface area (Å²) in [6.07, 6.45) is 78.4. The molecule has 0 aromatic heterocycles. The summed E-state index contributed by atoms with van der Waals surface area (Å²) >= 11 is 0. The highest BCUT2D eigenvalue weighted by molar-refractivity contribution is 7.47. The van der Waals surface area contributed by atoms with Crippen LogP contribution in [0.25, 0.3) is 0 Å². The standard InChI is InChI=1S/C69H123N2O7P/c1-7-10-13-16-19-22-25-28-30-32-33-34-35-36-37-39-40-43-46-49-52-55-58-61-68(72)70-66(65-77-79(74,75)76-64-63-71(4,5)6)67(60-57-54-51-48-45-42-27-24-21-18-15-12-9-3)78-69(73)62-59-56-53-50-47-44-41-38-31-29-26-23-20-17-14-11-8-2/h11,14,19-20,22-23,28-31,41,44,50,53,57,60,66-67H,7-10,12-13,15-18,21,24-27,32-40,42-43,45-49,51-52,54-56,58-59,61-65H2,1-6H3,(H-,70,72,74,75)/p+1/b14-11-,22-19-,23-20-,30-28-,31-29-,44-41-,53-50-,60-57-. The molecule has 0 aliphatic carbocycles. The fraction of sp³-hybridized carbons (Fsp3) is 0.739. The van der Waals surface area contributed by atoms with Crippen molar-refractivity contribution in [3.8, 4) is 0 Å². The Kier molecular flexibility index (Phi) is 55.9. The van der Waals surface area contributed by atoms with Gasteiger partial charge in [-0.2, -0.15) is 0 Å². The number of esters is 1. The van der Waals surface area contributed by atoms with Crippen molar-refractivity contribution >= 4 is 19.7 Å². The average molecular weight is 1120 g/mol. The van der Waals surface area contributed by atoms with E-state index in [-0.39, 0.29) is 31.5 Å². The number of allylic oxidation sites excluding steroid dienone is 15. The molecule has 456 valence electrons. The summed E-state index contributed by atoms with van der Waals surface area (Å²) < 4.78 is 30.7. The minimum atomic E-state index is -4.47. The van der Waals surface area contributed by atoms with E-state index in [1.54, 1.807) is 0 Å². The minimum Gasteiger partial charge on any atom is -0.456 e. The number of nitrogens with one attached hydrogen (secondary N) is 1. The van der Waals surface area contributed by atoms with Crippen LogP contribution in [0.1, 0.15) is 278 Å². The first kappa shape index (κ1) is 75.9. The van der Waals surface area contributed by atoms with Crippen molar-refractivity contribution in [3.63, 3.8) is 0 Å². The average Bonchev–Trinajstić information content (AvgIpc) is 3.41. The maximum absolute atomic E-state index is 13.6. The van der Waals surface area contributed by atoms with Crippen molar-refractivity contribution < 1.29 is 37.3 Å². The zero-order valence-electron chi connectivity index (χ0n) is 52.1. The summed E-state index contributed by atoms with van der Waals surface area (Å²) in [6, 6.07) is -0.877.